The minimum Gasteiger partial charge on any atom is -0.497 e. The van der Waals surface area contributed by atoms with Gasteiger partial charge in [-0.1, -0.05) is 24.3 Å². The van der Waals surface area contributed by atoms with E-state index in [4.69, 9.17) is 4.74 Å². The van der Waals surface area contributed by atoms with Gasteiger partial charge in [0.25, 0.3) is 0 Å². The van der Waals surface area contributed by atoms with Crippen LogP contribution in [0.3, 0.4) is 0 Å². The van der Waals surface area contributed by atoms with Crippen molar-refractivity contribution in [2.75, 3.05) is 31.3 Å². The first-order chi connectivity index (χ1) is 12.5. The number of thioether (sulfide) groups is 1. The molecule has 0 aliphatic rings. The molecular weight excluding hydrogens is 348 g/mol. The monoisotopic (exact) mass is 372 g/mol. The third-order valence-corrected chi connectivity index (χ3v) is 5.03. The summed E-state index contributed by atoms with van der Waals surface area (Å²) < 4.78 is 5.14. The molecule has 0 aliphatic heterocycles. The number of nitrogens with one attached hydrogen (secondary N) is 1. The number of methoxy groups -OCH3 is 1. The lowest BCUT2D eigenvalue weighted by Gasteiger charge is -2.20. The van der Waals surface area contributed by atoms with Crippen LogP contribution in [0.5, 0.6) is 5.75 Å². The molecule has 0 unspecified atom stereocenters. The highest BCUT2D eigenvalue weighted by Crippen LogP contribution is 2.22. The Morgan fingerprint density at radius 3 is 2.62 bits per heavy atom. The highest BCUT2D eigenvalue weighted by Gasteiger charge is 2.16. The molecule has 138 valence electrons. The third kappa shape index (κ3) is 5.81. The van der Waals surface area contributed by atoms with Crippen molar-refractivity contribution in [3.05, 3.63) is 54.1 Å². The zero-order valence-electron chi connectivity index (χ0n) is 15.3. The maximum atomic E-state index is 12.5. The quantitative estimate of drug-likeness (QED) is 0.720. The minimum absolute atomic E-state index is 0.0286. The van der Waals surface area contributed by atoms with E-state index in [9.17, 15) is 9.59 Å². The van der Waals surface area contributed by atoms with Crippen molar-refractivity contribution in [3.63, 3.8) is 0 Å². The van der Waals surface area contributed by atoms with Gasteiger partial charge in [-0.05, 0) is 37.6 Å². The SMILES string of the molecule is CCN(CC(=O)Nc1cccc(OC)c1)C(=O)CSc1ccccc1C. The standard InChI is InChI=1S/C20H24N2O3S/c1-4-22(20(24)14-26-18-11-6-5-8-15(18)2)13-19(23)21-16-9-7-10-17(12-16)25-3/h5-12H,4,13-14H2,1-3H3,(H,21,23). The molecule has 2 aromatic rings. The number of benzene rings is 2. The second-order valence-corrected chi connectivity index (χ2v) is 6.76. The number of likely N-dealkylation sites (N-methyl/N-ethyl adjacent to an activating group) is 1. The second-order valence-electron chi connectivity index (χ2n) is 5.74. The van der Waals surface area contributed by atoms with Crippen molar-refractivity contribution in [1.29, 1.82) is 0 Å². The van der Waals surface area contributed by atoms with Crippen LogP contribution in [0, 0.1) is 6.92 Å². The van der Waals surface area contributed by atoms with E-state index in [1.54, 1.807) is 36.3 Å². The van der Waals surface area contributed by atoms with Gasteiger partial charge in [0.2, 0.25) is 11.8 Å². The molecule has 5 nitrogen and oxygen atoms in total. The summed E-state index contributed by atoms with van der Waals surface area (Å²) in [7, 11) is 1.57. The summed E-state index contributed by atoms with van der Waals surface area (Å²) in [4.78, 5) is 27.4. The van der Waals surface area contributed by atoms with Gasteiger partial charge in [-0.3, -0.25) is 9.59 Å². The molecule has 0 heterocycles. The molecule has 26 heavy (non-hydrogen) atoms. The Hall–Kier alpha value is -2.47. The van der Waals surface area contributed by atoms with Crippen molar-refractivity contribution < 1.29 is 14.3 Å². The fraction of sp³-hybridized carbons (Fsp3) is 0.300. The van der Waals surface area contributed by atoms with Gasteiger partial charge in [-0.25, -0.2) is 0 Å². The summed E-state index contributed by atoms with van der Waals surface area (Å²) in [6, 6.07) is 15.1. The maximum absolute atomic E-state index is 12.5. The van der Waals surface area contributed by atoms with Gasteiger partial charge in [-0.15, -0.1) is 11.8 Å². The van der Waals surface area contributed by atoms with Gasteiger partial charge >= 0.3 is 0 Å². The first-order valence-electron chi connectivity index (χ1n) is 8.43. The lowest BCUT2D eigenvalue weighted by molar-refractivity contribution is -0.132. The van der Waals surface area contributed by atoms with E-state index in [-0.39, 0.29) is 18.4 Å². The Balaban J connectivity index is 1.89. The van der Waals surface area contributed by atoms with Gasteiger partial charge < -0.3 is 15.0 Å². The van der Waals surface area contributed by atoms with Crippen LogP contribution in [-0.2, 0) is 9.59 Å². The molecular formula is C20H24N2O3S. The van der Waals surface area contributed by atoms with Crippen LogP contribution < -0.4 is 10.1 Å². The zero-order valence-corrected chi connectivity index (χ0v) is 16.1. The topological polar surface area (TPSA) is 58.6 Å². The van der Waals surface area contributed by atoms with Crippen LogP contribution in [-0.4, -0.2) is 42.7 Å². The van der Waals surface area contributed by atoms with Gasteiger partial charge in [0, 0.05) is 23.2 Å². The molecule has 6 heteroatoms. The molecule has 2 rings (SSSR count). The predicted molar refractivity (Wildman–Crippen MR) is 106 cm³/mol. The molecule has 0 fully saturated rings. The number of carbonyl (C=O) groups excluding carboxylic acids is 2. The molecule has 0 saturated carbocycles. The molecule has 2 aromatic carbocycles. The van der Waals surface area contributed by atoms with Crippen LogP contribution in [0.25, 0.3) is 0 Å². The molecule has 0 spiro atoms. The number of aryl methyl sites for hydroxylation is 1. The molecule has 0 atom stereocenters. The number of hydrogen-bond acceptors (Lipinski definition) is 4. The van der Waals surface area contributed by atoms with E-state index in [0.717, 1.165) is 10.5 Å². The lowest BCUT2D eigenvalue weighted by atomic mass is 10.2. The Morgan fingerprint density at radius 1 is 1.15 bits per heavy atom. The van der Waals surface area contributed by atoms with Crippen LogP contribution in [0.1, 0.15) is 12.5 Å². The Morgan fingerprint density at radius 2 is 1.92 bits per heavy atom. The molecule has 2 amide bonds. The van der Waals surface area contributed by atoms with Crippen molar-refractivity contribution >= 4 is 29.3 Å². The molecule has 1 N–H and O–H groups in total. The lowest BCUT2D eigenvalue weighted by Crippen LogP contribution is -2.38. The highest BCUT2D eigenvalue weighted by molar-refractivity contribution is 8.00. The smallest absolute Gasteiger partial charge is 0.243 e. The Bertz CT molecular complexity index is 764. The van der Waals surface area contributed by atoms with E-state index >= 15 is 0 Å². The van der Waals surface area contributed by atoms with E-state index < -0.39 is 0 Å². The number of hydrogen-bond donors (Lipinski definition) is 1. The van der Waals surface area contributed by atoms with E-state index in [1.807, 2.05) is 38.1 Å². The maximum Gasteiger partial charge on any atom is 0.243 e. The number of ether oxygens (including phenoxy) is 1. The van der Waals surface area contributed by atoms with Crippen molar-refractivity contribution in [3.8, 4) is 5.75 Å². The summed E-state index contributed by atoms with van der Waals surface area (Å²) in [6.07, 6.45) is 0. The number of anilines is 1. The van der Waals surface area contributed by atoms with E-state index in [0.29, 0.717) is 23.7 Å². The average Bonchev–Trinajstić information content (AvgIpc) is 2.65. The largest absolute Gasteiger partial charge is 0.497 e. The van der Waals surface area contributed by atoms with Crippen molar-refractivity contribution in [2.45, 2.75) is 18.7 Å². The average molecular weight is 372 g/mol. The Labute approximate surface area is 158 Å². The summed E-state index contributed by atoms with van der Waals surface area (Å²) in [6.45, 7) is 4.40. The third-order valence-electron chi connectivity index (χ3n) is 3.87. The van der Waals surface area contributed by atoms with E-state index in [1.165, 1.54) is 11.8 Å². The summed E-state index contributed by atoms with van der Waals surface area (Å²) in [5.74, 6) is 0.697. The Kier molecular flexibility index (Phi) is 7.53. The number of nitrogens with zero attached hydrogens (tertiary/aromatic N) is 1. The van der Waals surface area contributed by atoms with Gasteiger partial charge in [0.05, 0.1) is 19.4 Å². The minimum atomic E-state index is -0.227. The summed E-state index contributed by atoms with van der Waals surface area (Å²) in [5, 5.41) is 2.80. The fourth-order valence-corrected chi connectivity index (χ4v) is 3.33. The van der Waals surface area contributed by atoms with Crippen LogP contribution in [0.2, 0.25) is 0 Å². The number of rotatable bonds is 8. The van der Waals surface area contributed by atoms with Crippen molar-refractivity contribution in [1.82, 2.24) is 4.90 Å². The van der Waals surface area contributed by atoms with Gasteiger partial charge in [-0.2, -0.15) is 0 Å². The van der Waals surface area contributed by atoms with Crippen LogP contribution in [0.15, 0.2) is 53.4 Å². The van der Waals surface area contributed by atoms with Crippen LogP contribution in [0.4, 0.5) is 5.69 Å². The first kappa shape index (κ1) is 19.8. The molecule has 0 radical (unpaired) electrons. The highest BCUT2D eigenvalue weighted by atomic mass is 32.2. The van der Waals surface area contributed by atoms with Gasteiger partial charge in [0.15, 0.2) is 0 Å². The zero-order chi connectivity index (χ0) is 18.9. The van der Waals surface area contributed by atoms with E-state index in [2.05, 4.69) is 5.32 Å². The molecule has 0 aromatic heterocycles. The number of amides is 2. The normalized spacial score (nSPS) is 10.3. The van der Waals surface area contributed by atoms with Crippen molar-refractivity contribution in [2.24, 2.45) is 0 Å². The first-order valence-corrected chi connectivity index (χ1v) is 9.42. The fourth-order valence-electron chi connectivity index (χ4n) is 2.40. The van der Waals surface area contributed by atoms with Crippen LogP contribution >= 0.6 is 11.8 Å². The predicted octanol–water partition coefficient (Wildman–Crippen LogP) is 3.58. The van der Waals surface area contributed by atoms with Gasteiger partial charge in [0.1, 0.15) is 5.75 Å². The summed E-state index contributed by atoms with van der Waals surface area (Å²) >= 11 is 1.50. The molecule has 0 aliphatic carbocycles. The summed E-state index contributed by atoms with van der Waals surface area (Å²) in [5.41, 5.74) is 1.79. The molecule has 0 saturated heterocycles. The second kappa shape index (κ2) is 9.87. The molecule has 0 bridgehead atoms. The number of carbonyl (C=O) groups is 2.